The number of para-hydroxylation sites is 7. The van der Waals surface area contributed by atoms with Crippen molar-refractivity contribution in [1.82, 2.24) is 61.3 Å². The lowest BCUT2D eigenvalue weighted by molar-refractivity contribution is 0.669. The summed E-state index contributed by atoms with van der Waals surface area (Å²) in [4.78, 5) is 0. The third kappa shape index (κ3) is 12.6. The Labute approximate surface area is 858 Å². The van der Waals surface area contributed by atoms with Gasteiger partial charge in [-0.05, 0) is 182 Å². The van der Waals surface area contributed by atoms with Gasteiger partial charge in [-0.1, -0.05) is 328 Å². The Morgan fingerprint density at radius 1 is 0.187 bits per heavy atom. The highest BCUT2D eigenvalue weighted by atomic mass is 32.1. The molecule has 0 atom stereocenters. The van der Waals surface area contributed by atoms with E-state index in [0.29, 0.717) is 0 Å². The van der Waals surface area contributed by atoms with E-state index in [2.05, 4.69) is 515 Å². The normalized spacial score (nSPS) is 12.6. The summed E-state index contributed by atoms with van der Waals surface area (Å²) >= 11 is 1.87. The van der Waals surface area contributed by atoms with Gasteiger partial charge in [0, 0.05) is 161 Å². The molecule has 0 bridgehead atoms. The molecule has 19 aromatic carbocycles. The summed E-state index contributed by atoms with van der Waals surface area (Å²) in [5.74, 6) is 3.68. The van der Waals surface area contributed by atoms with Crippen molar-refractivity contribution in [3.05, 3.63) is 526 Å². The van der Waals surface area contributed by atoms with Crippen molar-refractivity contribution in [3.8, 4) is 40.1 Å². The van der Waals surface area contributed by atoms with Crippen LogP contribution in [0, 0.1) is 0 Å². The van der Waals surface area contributed by atoms with E-state index in [4.69, 9.17) is 24.8 Å². The molecule has 34 aromatic rings. The number of thiophene rings is 1. The Hall–Kier alpha value is -20.0. The van der Waals surface area contributed by atoms with Gasteiger partial charge in [0.1, 0.15) is 11.2 Å². The van der Waals surface area contributed by atoms with Crippen LogP contribution in [0.5, 0.6) is 0 Å². The van der Waals surface area contributed by atoms with Gasteiger partial charge in [0.05, 0.1) is 82.6 Å². The van der Waals surface area contributed by atoms with Crippen LogP contribution in [0.4, 0.5) is 0 Å². The zero-order valence-electron chi connectivity index (χ0n) is 80.6. The average molecular weight is 1940 g/mol. The molecule has 0 aliphatic heterocycles. The van der Waals surface area contributed by atoms with E-state index in [0.717, 1.165) is 100 Å². The van der Waals surface area contributed by atoms with Crippen LogP contribution < -0.4 is 0 Å². The molecule has 1 aliphatic rings. The molecule has 0 unspecified atom stereocenters. The monoisotopic (exact) mass is 1930 g/mol. The minimum Gasteiger partial charge on any atom is -0.456 e. The number of aromatic nitrogens is 13. The fraction of sp³-hybridized carbons (Fsp3) is 0.00741. The molecule has 0 fully saturated rings. The first kappa shape index (κ1) is 83.5. The Morgan fingerprint density at radius 2 is 0.507 bits per heavy atom. The van der Waals surface area contributed by atoms with Crippen LogP contribution in [-0.4, -0.2) is 61.3 Å². The Morgan fingerprint density at radius 3 is 0.953 bits per heavy atom. The van der Waals surface area contributed by atoms with E-state index < -0.39 is 5.41 Å². The average Bonchev–Trinajstić information content (AvgIpc) is 1.34. The predicted molar refractivity (Wildman–Crippen MR) is 620 cm³/mol. The Balaban J connectivity index is 0.0000000889. The highest BCUT2D eigenvalue weighted by Gasteiger charge is 2.47. The minimum atomic E-state index is -0.435. The molecule has 1 aliphatic carbocycles. The van der Waals surface area contributed by atoms with E-state index in [9.17, 15) is 0 Å². The quantitative estimate of drug-likeness (QED) is 0.158. The van der Waals surface area contributed by atoms with Crippen LogP contribution in [0.2, 0.25) is 0 Å². The molecular weight excluding hydrogens is 1850 g/mol. The second-order valence-corrected chi connectivity index (χ2v) is 40.5. The van der Waals surface area contributed by atoms with Gasteiger partial charge in [-0.15, -0.1) is 31.7 Å². The number of furan rings is 1. The van der Waals surface area contributed by atoms with Crippen LogP contribution in [-0.2, 0) is 5.41 Å². The van der Waals surface area contributed by atoms with Crippen molar-refractivity contribution in [2.75, 3.05) is 0 Å². The molecule has 15 heteroatoms. The number of rotatable bonds is 7. The van der Waals surface area contributed by atoms with Gasteiger partial charge in [0.25, 0.3) is 0 Å². The van der Waals surface area contributed by atoms with Crippen LogP contribution in [0.3, 0.4) is 0 Å². The summed E-state index contributed by atoms with van der Waals surface area (Å²) in [6.07, 6.45) is 8.47. The first-order chi connectivity index (χ1) is 74.3. The number of pyridine rings is 4. The first-order valence-corrected chi connectivity index (χ1v) is 51.7. The summed E-state index contributed by atoms with van der Waals surface area (Å²) in [6, 6.07) is 172. The van der Waals surface area contributed by atoms with Gasteiger partial charge in [-0.25, -0.2) is 18.1 Å². The van der Waals surface area contributed by atoms with Crippen LogP contribution >= 0.6 is 11.3 Å². The fourth-order valence-electron chi connectivity index (χ4n) is 24.6. The number of hydrogen-bond donors (Lipinski definition) is 0. The molecule has 0 spiro atoms. The van der Waals surface area contributed by atoms with E-state index >= 15 is 0 Å². The summed E-state index contributed by atoms with van der Waals surface area (Å²) in [5, 5.41) is 47.0. The van der Waals surface area contributed by atoms with E-state index in [-0.39, 0.29) is 0 Å². The molecule has 0 N–H and O–H groups in total. The number of nitrogens with zero attached hydrogens (tertiary/aromatic N) is 13. The molecule has 35 rings (SSSR count). The fourth-order valence-corrected chi connectivity index (χ4v) is 25.7. The van der Waals surface area contributed by atoms with Crippen molar-refractivity contribution in [3.63, 3.8) is 0 Å². The molecule has 0 saturated carbocycles. The van der Waals surface area contributed by atoms with Gasteiger partial charge in [0.2, 0.25) is 0 Å². The Bertz CT molecular complexity index is 11100. The van der Waals surface area contributed by atoms with Crippen LogP contribution in [0.1, 0.15) is 22.3 Å². The summed E-state index contributed by atoms with van der Waals surface area (Å²) in [5.41, 5.74) is 26.3. The van der Waals surface area contributed by atoms with E-state index in [1.54, 1.807) is 0 Å². The molecule has 150 heavy (non-hydrogen) atoms. The molecule has 0 saturated heterocycles. The maximum Gasteiger partial charge on any atom is 0.160 e. The molecule has 15 aromatic heterocycles. The zero-order valence-corrected chi connectivity index (χ0v) is 81.4. The third-order valence-electron chi connectivity index (χ3n) is 31.2. The maximum absolute atomic E-state index is 6.19. The van der Waals surface area contributed by atoms with E-state index in [1.807, 2.05) is 41.5 Å². The second-order valence-electron chi connectivity index (χ2n) is 39.5. The largest absolute Gasteiger partial charge is 0.456 e. The lowest BCUT2D eigenvalue weighted by Gasteiger charge is -2.33. The van der Waals surface area contributed by atoms with Crippen molar-refractivity contribution >= 4 is 228 Å². The number of hydrogen-bond acceptors (Lipinski definition) is 6. The molecule has 14 nitrogen and oxygen atoms in total. The van der Waals surface area contributed by atoms with E-state index in [1.165, 1.54) is 178 Å². The summed E-state index contributed by atoms with van der Waals surface area (Å²) in [6.45, 7) is 0. The lowest BCUT2D eigenvalue weighted by Crippen LogP contribution is -2.28. The van der Waals surface area contributed by atoms with Crippen molar-refractivity contribution < 1.29 is 4.42 Å². The minimum absolute atomic E-state index is 0.435. The maximum atomic E-state index is 6.19. The van der Waals surface area contributed by atoms with Gasteiger partial charge in [-0.3, -0.25) is 18.3 Å². The lowest BCUT2D eigenvalue weighted by atomic mass is 9.67. The van der Waals surface area contributed by atoms with Gasteiger partial charge in [0.15, 0.2) is 23.3 Å². The second kappa shape index (κ2) is 32.5. The van der Waals surface area contributed by atoms with Crippen LogP contribution in [0.15, 0.2) is 508 Å². The highest BCUT2D eigenvalue weighted by Crippen LogP contribution is 2.58. The zero-order chi connectivity index (χ0) is 98.1. The molecule has 15 heterocycles. The predicted octanol–water partition coefficient (Wildman–Crippen LogP) is 34.1. The SMILES string of the molecule is c1ccc(-n2c3ccccc3c3cc4c(cc32)c2ccccc2n4-c2cc3cc4ccccc4cn3n2)cc1.c1ccc(C2(c3ccccc3)c3ccccc3-c3cc4c(cc32)c2ccccc2n4-c2cc3cc4ccccc4cn3n2)cc1.c1ccc2cn3nc(-n4c5ccccc5c5cc6oc7ccccc7c6cc54)cc3cc2c1.c1ccc2cn3nc(-n4c5ccccc5c5cc6sc7ccccc7c6cc54)cc3cc2c1. The summed E-state index contributed by atoms with van der Waals surface area (Å²) < 4.78 is 28.4. The van der Waals surface area contributed by atoms with Crippen molar-refractivity contribution in [1.29, 1.82) is 0 Å². The highest BCUT2D eigenvalue weighted by molar-refractivity contribution is 7.25. The van der Waals surface area contributed by atoms with Crippen LogP contribution in [0.25, 0.3) is 256 Å². The molecule has 0 amide bonds. The molecule has 700 valence electrons. The standard InChI is InChI=1S/C42H27N3.C35H22N4.C29H17N3O.C29H17N3S/c1-3-15-30(16-4-1)42(31-17-5-2-6-18-31)37-21-11-9-19-33(37)35-26-40-36(25-38(35)42)34-20-10-12-22-39(34)45(40)41-24-32-23-28-13-7-8-14-29(28)27-44(32)43-41;1-2-12-25(13-3-1)38-31-16-8-6-14-27(31)29-21-34-30(20-33(29)38)28-15-7-9-17-32(28)39(34)35-19-26-18-23-10-4-5-11-24(23)22-37(26)36-35;2*1-2-8-19-17-31-20(13-18(19)7-1)14-29(30-31)32-25-11-5-3-9-21(25)23-16-28-24(15-26(23)32)22-10-4-6-12-27(22)33-28/h1-27H;1-22H;2*1-17H. The summed E-state index contributed by atoms with van der Waals surface area (Å²) in [7, 11) is 0. The van der Waals surface area contributed by atoms with Gasteiger partial charge in [-0.2, -0.15) is 0 Å². The van der Waals surface area contributed by atoms with Gasteiger partial charge >= 0.3 is 0 Å². The van der Waals surface area contributed by atoms with Crippen molar-refractivity contribution in [2.45, 2.75) is 5.41 Å². The first-order valence-electron chi connectivity index (χ1n) is 50.8. The van der Waals surface area contributed by atoms with Crippen molar-refractivity contribution in [2.24, 2.45) is 0 Å². The molecule has 0 radical (unpaired) electrons. The smallest absolute Gasteiger partial charge is 0.160 e. The third-order valence-corrected chi connectivity index (χ3v) is 32.4. The molecular formula is C135H83N13OS. The van der Waals surface area contributed by atoms with Gasteiger partial charge < -0.3 is 8.98 Å². The topological polar surface area (TPSA) is 107 Å². The number of fused-ring (bicyclic) bond motifs is 32. The Kier molecular flexibility index (Phi) is 18.1. The number of benzene rings is 19.